The number of hydrogen-bond acceptors (Lipinski definition) is 2. The van der Waals surface area contributed by atoms with E-state index in [1.807, 2.05) is 6.08 Å². The zero-order valence-electron chi connectivity index (χ0n) is 20.3. The van der Waals surface area contributed by atoms with Gasteiger partial charge in [-0.3, -0.25) is 0 Å². The zero-order chi connectivity index (χ0) is 21.8. The van der Waals surface area contributed by atoms with Crippen LogP contribution in [-0.4, -0.2) is 39.5 Å². The first-order chi connectivity index (χ1) is 13.0. The van der Waals surface area contributed by atoms with Gasteiger partial charge in [0.2, 0.25) is 0 Å². The van der Waals surface area contributed by atoms with Crippen LogP contribution in [0.15, 0.2) is 9.67 Å². The Bertz CT molecular complexity index is 540. The maximum absolute atomic E-state index is 12.9. The Morgan fingerprint density at radius 3 is 1.71 bits per heavy atom. The van der Waals surface area contributed by atoms with E-state index < -0.39 is 26.5 Å². The summed E-state index contributed by atoms with van der Waals surface area (Å²) >= 11 is -2.84. The molecule has 0 unspecified atom stereocenters. The molecule has 0 aliphatic rings. The molecule has 0 N–H and O–H groups in total. The summed E-state index contributed by atoms with van der Waals surface area (Å²) in [4.78, 5) is 12.9. The molecule has 0 spiro atoms. The molecule has 0 aromatic heterocycles. The fourth-order valence-corrected chi connectivity index (χ4v) is 20.0. The molecule has 0 amide bonds. The van der Waals surface area contributed by atoms with E-state index in [9.17, 15) is 4.79 Å². The van der Waals surface area contributed by atoms with Crippen molar-refractivity contribution < 1.29 is 9.53 Å². The van der Waals surface area contributed by atoms with Gasteiger partial charge in [-0.25, -0.2) is 0 Å². The first kappa shape index (κ1) is 27.8. The molecule has 162 valence electrons. The van der Waals surface area contributed by atoms with Gasteiger partial charge in [0.25, 0.3) is 0 Å². The van der Waals surface area contributed by atoms with Gasteiger partial charge in [-0.05, 0) is 0 Å². The van der Waals surface area contributed by atoms with E-state index in [0.29, 0.717) is 0 Å². The molecular formula is C24H46O2SiSn. The molecule has 0 radical (unpaired) electrons. The van der Waals surface area contributed by atoms with Crippen molar-refractivity contribution in [2.24, 2.45) is 0 Å². The average Bonchev–Trinajstić information content (AvgIpc) is 2.63. The summed E-state index contributed by atoms with van der Waals surface area (Å²) in [7, 11) is -0.151. The molecular weight excluding hydrogens is 467 g/mol. The Morgan fingerprint density at radius 1 is 0.964 bits per heavy atom. The van der Waals surface area contributed by atoms with E-state index in [1.54, 1.807) is 0 Å². The summed E-state index contributed by atoms with van der Waals surface area (Å²) in [5.41, 5.74) is 3.59. The van der Waals surface area contributed by atoms with Crippen molar-refractivity contribution in [3.8, 4) is 11.5 Å². The molecule has 0 atom stereocenters. The number of ether oxygens (including phenoxy) is 1. The maximum atomic E-state index is 12.9. The summed E-state index contributed by atoms with van der Waals surface area (Å²) in [6.45, 7) is 18.3. The van der Waals surface area contributed by atoms with E-state index in [4.69, 9.17) is 4.74 Å². The van der Waals surface area contributed by atoms with Crippen molar-refractivity contribution in [2.75, 3.05) is 7.11 Å². The van der Waals surface area contributed by atoms with Gasteiger partial charge < -0.3 is 0 Å². The molecule has 0 rings (SSSR count). The Labute approximate surface area is 181 Å². The molecule has 28 heavy (non-hydrogen) atoms. The molecule has 0 aliphatic heterocycles. The Hall–Kier alpha value is -0.214. The van der Waals surface area contributed by atoms with E-state index in [2.05, 4.69) is 66.1 Å². The quantitative estimate of drug-likeness (QED) is 0.124. The number of carbonyl (C=O) groups is 1. The summed E-state index contributed by atoms with van der Waals surface area (Å²) in [6.07, 6.45) is 9.29. The van der Waals surface area contributed by atoms with Crippen LogP contribution in [-0.2, 0) is 9.53 Å². The van der Waals surface area contributed by atoms with Crippen LogP contribution in [0.1, 0.15) is 80.1 Å². The van der Waals surface area contributed by atoms with Gasteiger partial charge >= 0.3 is 182 Å². The van der Waals surface area contributed by atoms with E-state index in [1.165, 1.54) is 58.9 Å². The van der Waals surface area contributed by atoms with Crippen LogP contribution >= 0.6 is 0 Å². The van der Waals surface area contributed by atoms with Crippen LogP contribution in [0.25, 0.3) is 0 Å². The fourth-order valence-electron chi connectivity index (χ4n) is 3.34. The summed E-state index contributed by atoms with van der Waals surface area (Å²) in [6, 6.07) is 0. The number of hydrogen-bond donors (Lipinski definition) is 0. The minimum atomic E-state index is -2.84. The van der Waals surface area contributed by atoms with Crippen LogP contribution in [0.5, 0.6) is 0 Å². The monoisotopic (exact) mass is 514 g/mol. The Balaban J connectivity index is 6.25. The molecule has 0 aromatic rings. The van der Waals surface area contributed by atoms with Gasteiger partial charge in [0, 0.05) is 0 Å². The van der Waals surface area contributed by atoms with Gasteiger partial charge in [-0.1, -0.05) is 0 Å². The van der Waals surface area contributed by atoms with Crippen LogP contribution < -0.4 is 0 Å². The SMILES string of the molecule is CCC[CH2][Sn]([CH2]CCC)([CH2]CCC)/[C](=C/C#C[Si](C)(C)C(C)(C)C)C(=O)OC. The first-order valence-electron chi connectivity index (χ1n) is 11.3. The van der Waals surface area contributed by atoms with Gasteiger partial charge in [-0.15, -0.1) is 0 Å². The topological polar surface area (TPSA) is 26.3 Å². The summed E-state index contributed by atoms with van der Waals surface area (Å²) in [5.74, 6) is 3.29. The molecule has 0 heterocycles. The second-order valence-corrected chi connectivity index (χ2v) is 27.9. The van der Waals surface area contributed by atoms with Crippen LogP contribution in [0.2, 0.25) is 31.4 Å². The summed E-state index contributed by atoms with van der Waals surface area (Å²) < 4.78 is 10.1. The Morgan fingerprint density at radius 2 is 1.39 bits per heavy atom. The molecule has 0 aromatic carbocycles. The zero-order valence-corrected chi connectivity index (χ0v) is 24.1. The molecule has 0 saturated carbocycles. The molecule has 2 nitrogen and oxygen atoms in total. The van der Waals surface area contributed by atoms with Gasteiger partial charge in [0.15, 0.2) is 0 Å². The van der Waals surface area contributed by atoms with Crippen molar-refractivity contribution >= 4 is 32.4 Å². The van der Waals surface area contributed by atoms with Crippen LogP contribution in [0.4, 0.5) is 0 Å². The van der Waals surface area contributed by atoms with Crippen molar-refractivity contribution in [3.63, 3.8) is 0 Å². The number of carbonyl (C=O) groups excluding carboxylic acids is 1. The molecule has 0 saturated heterocycles. The van der Waals surface area contributed by atoms with Crippen molar-refractivity contribution in [3.05, 3.63) is 9.67 Å². The second kappa shape index (κ2) is 13.2. The number of rotatable bonds is 11. The average molecular weight is 513 g/mol. The molecule has 4 heteroatoms. The van der Waals surface area contributed by atoms with Gasteiger partial charge in [-0.2, -0.15) is 0 Å². The fraction of sp³-hybridized carbons (Fsp3) is 0.792. The van der Waals surface area contributed by atoms with Gasteiger partial charge in [0.1, 0.15) is 0 Å². The Kier molecular flexibility index (Phi) is 13.1. The third kappa shape index (κ3) is 8.65. The van der Waals surface area contributed by atoms with Crippen molar-refractivity contribution in [1.29, 1.82) is 0 Å². The van der Waals surface area contributed by atoms with E-state index in [-0.39, 0.29) is 11.0 Å². The van der Waals surface area contributed by atoms with Gasteiger partial charge in [0.05, 0.1) is 0 Å². The first-order valence-corrected chi connectivity index (χ1v) is 21.8. The van der Waals surface area contributed by atoms with Crippen LogP contribution in [0.3, 0.4) is 0 Å². The van der Waals surface area contributed by atoms with Crippen molar-refractivity contribution in [2.45, 2.75) is 112 Å². The minimum absolute atomic E-state index is 0.0939. The molecule has 0 fully saturated rings. The van der Waals surface area contributed by atoms with E-state index in [0.717, 1.165) is 3.59 Å². The van der Waals surface area contributed by atoms with Crippen LogP contribution in [0, 0.1) is 11.5 Å². The van der Waals surface area contributed by atoms with Crippen molar-refractivity contribution in [1.82, 2.24) is 0 Å². The second-order valence-electron chi connectivity index (χ2n) is 9.78. The third-order valence-electron chi connectivity index (χ3n) is 6.48. The predicted molar refractivity (Wildman–Crippen MR) is 130 cm³/mol. The molecule has 0 bridgehead atoms. The third-order valence-corrected chi connectivity index (χ3v) is 26.5. The predicted octanol–water partition coefficient (Wildman–Crippen LogP) is 7.53. The number of esters is 1. The number of unbranched alkanes of at least 4 members (excludes halogenated alkanes) is 3. The number of allylic oxidation sites excluding steroid dienone is 1. The molecule has 0 aliphatic carbocycles. The standard InChI is InChI=1S/C12H19O2Si.3C4H9.Sn/c1-12(2,3)15(5,6)10-8-7-9-11(13)14-4;3*1-3-4-2;/h7H,1-6H3;3*1,3-4H2,2H3;. The summed E-state index contributed by atoms with van der Waals surface area (Å²) in [5, 5.41) is 0.228. The number of methoxy groups -OCH3 is 1. The normalized spacial score (nSPS) is 13.1. The van der Waals surface area contributed by atoms with E-state index >= 15 is 0 Å².